The zero-order valence-electron chi connectivity index (χ0n) is 15.0. The van der Waals surface area contributed by atoms with Crippen molar-refractivity contribution in [2.75, 3.05) is 11.3 Å². The maximum absolute atomic E-state index is 12.5. The van der Waals surface area contributed by atoms with E-state index in [4.69, 9.17) is 39.1 Å². The molecular weight excluding hydrogens is 453 g/mol. The predicted octanol–water partition coefficient (Wildman–Crippen LogP) is 4.76. The van der Waals surface area contributed by atoms with Crippen LogP contribution in [0.2, 0.25) is 8.67 Å². The number of nitrogens with one attached hydrogen (secondary N) is 2. The van der Waals surface area contributed by atoms with Crippen LogP contribution in [0.15, 0.2) is 59.5 Å². The zero-order valence-corrected chi connectivity index (χ0v) is 18.1. The topological polar surface area (TPSA) is 105 Å². The van der Waals surface area contributed by atoms with Gasteiger partial charge in [0, 0.05) is 18.1 Å². The van der Waals surface area contributed by atoms with Crippen molar-refractivity contribution in [2.24, 2.45) is 5.73 Å². The molecule has 4 N–H and O–H groups in total. The monoisotopic (exact) mass is 469 g/mol. The Labute approximate surface area is 182 Å². The van der Waals surface area contributed by atoms with Crippen LogP contribution in [-0.2, 0) is 16.4 Å². The Kier molecular flexibility index (Phi) is 6.69. The molecule has 0 saturated carbocycles. The van der Waals surface area contributed by atoms with Crippen molar-refractivity contribution in [1.29, 1.82) is 5.41 Å². The van der Waals surface area contributed by atoms with E-state index in [1.165, 1.54) is 6.07 Å². The normalized spacial score (nSPS) is 11.2. The lowest BCUT2D eigenvalue weighted by molar-refractivity contribution is 0.322. The van der Waals surface area contributed by atoms with E-state index >= 15 is 0 Å². The molecule has 0 atom stereocenters. The van der Waals surface area contributed by atoms with Gasteiger partial charge < -0.3 is 10.5 Å². The van der Waals surface area contributed by atoms with E-state index in [9.17, 15) is 8.42 Å². The largest absolute Gasteiger partial charge is 0.493 e. The molecule has 2 aromatic carbocycles. The van der Waals surface area contributed by atoms with Gasteiger partial charge in [0.2, 0.25) is 0 Å². The lowest BCUT2D eigenvalue weighted by Crippen LogP contribution is -2.12. The van der Waals surface area contributed by atoms with Crippen LogP contribution in [0.3, 0.4) is 0 Å². The molecule has 0 bridgehead atoms. The summed E-state index contributed by atoms with van der Waals surface area (Å²) < 4.78 is 33.6. The summed E-state index contributed by atoms with van der Waals surface area (Å²) in [5.41, 5.74) is 7.50. The highest BCUT2D eigenvalue weighted by Crippen LogP contribution is 2.35. The van der Waals surface area contributed by atoms with E-state index in [0.717, 1.165) is 16.9 Å². The van der Waals surface area contributed by atoms with E-state index in [1.54, 1.807) is 36.4 Å². The van der Waals surface area contributed by atoms with Gasteiger partial charge in [-0.05, 0) is 23.8 Å². The van der Waals surface area contributed by atoms with Gasteiger partial charge in [-0.15, -0.1) is 11.3 Å². The molecule has 0 aliphatic rings. The number of anilines is 1. The molecular formula is C19H17Cl2N3O3S2. The molecule has 1 aromatic heterocycles. The van der Waals surface area contributed by atoms with Crippen LogP contribution in [0.25, 0.3) is 0 Å². The lowest BCUT2D eigenvalue weighted by Gasteiger charge is -2.10. The highest BCUT2D eigenvalue weighted by Gasteiger charge is 2.21. The molecule has 0 aliphatic heterocycles. The molecule has 10 heteroatoms. The van der Waals surface area contributed by atoms with Crippen molar-refractivity contribution in [3.8, 4) is 5.75 Å². The number of nitrogen functional groups attached to an aromatic ring is 1. The van der Waals surface area contributed by atoms with Crippen LogP contribution in [0, 0.1) is 5.41 Å². The molecule has 0 amide bonds. The van der Waals surface area contributed by atoms with E-state index < -0.39 is 10.0 Å². The molecule has 0 aliphatic carbocycles. The number of hydrogen-bond donors (Lipinski definition) is 3. The number of amidine groups is 1. The Hall–Kier alpha value is -2.26. The van der Waals surface area contributed by atoms with Gasteiger partial charge in [0.05, 0.1) is 16.6 Å². The maximum Gasteiger partial charge on any atom is 0.264 e. The Morgan fingerprint density at radius 1 is 1.14 bits per heavy atom. The minimum atomic E-state index is -3.85. The summed E-state index contributed by atoms with van der Waals surface area (Å²) in [6.07, 6.45) is 0.650. The van der Waals surface area contributed by atoms with Crippen LogP contribution in [-0.4, -0.2) is 20.9 Å². The van der Waals surface area contributed by atoms with Gasteiger partial charge in [0.15, 0.2) is 0 Å². The molecule has 1 heterocycles. The quantitative estimate of drug-likeness (QED) is 0.326. The first-order valence-electron chi connectivity index (χ1n) is 8.38. The number of halogens is 2. The number of benzene rings is 2. The number of ether oxygens (including phenoxy) is 1. The average molecular weight is 470 g/mol. The summed E-state index contributed by atoms with van der Waals surface area (Å²) >= 11 is 12.8. The summed E-state index contributed by atoms with van der Waals surface area (Å²) in [5.74, 6) is 0.554. The summed E-state index contributed by atoms with van der Waals surface area (Å²) in [6, 6.07) is 15.3. The third kappa shape index (κ3) is 5.63. The van der Waals surface area contributed by atoms with Crippen molar-refractivity contribution < 1.29 is 13.2 Å². The summed E-state index contributed by atoms with van der Waals surface area (Å²) in [7, 11) is -3.85. The van der Waals surface area contributed by atoms with Crippen molar-refractivity contribution in [3.05, 3.63) is 74.4 Å². The van der Waals surface area contributed by atoms with Crippen molar-refractivity contribution in [1.82, 2.24) is 0 Å². The second-order valence-electron chi connectivity index (χ2n) is 6.03. The molecule has 3 rings (SSSR count). The molecule has 0 fully saturated rings. The smallest absolute Gasteiger partial charge is 0.264 e. The molecule has 3 aromatic rings. The highest BCUT2D eigenvalue weighted by atomic mass is 35.5. The predicted molar refractivity (Wildman–Crippen MR) is 118 cm³/mol. The Morgan fingerprint density at radius 2 is 1.86 bits per heavy atom. The molecule has 152 valence electrons. The minimum Gasteiger partial charge on any atom is -0.493 e. The fraction of sp³-hybridized carbons (Fsp3) is 0.105. The molecule has 29 heavy (non-hydrogen) atoms. The van der Waals surface area contributed by atoms with Gasteiger partial charge in [-0.3, -0.25) is 10.1 Å². The second kappa shape index (κ2) is 9.04. The van der Waals surface area contributed by atoms with Gasteiger partial charge in [-0.25, -0.2) is 8.42 Å². The molecule has 0 spiro atoms. The zero-order chi connectivity index (χ0) is 21.0. The van der Waals surface area contributed by atoms with Gasteiger partial charge >= 0.3 is 0 Å². The number of thiophene rings is 1. The lowest BCUT2D eigenvalue weighted by atomic mass is 10.1. The van der Waals surface area contributed by atoms with Crippen LogP contribution in [0.4, 0.5) is 5.69 Å². The third-order valence-electron chi connectivity index (χ3n) is 3.93. The van der Waals surface area contributed by atoms with Gasteiger partial charge in [0.1, 0.15) is 20.8 Å². The van der Waals surface area contributed by atoms with Gasteiger partial charge in [-0.1, -0.05) is 53.5 Å². The van der Waals surface area contributed by atoms with Crippen molar-refractivity contribution >= 4 is 56.1 Å². The van der Waals surface area contributed by atoms with E-state index in [2.05, 4.69) is 4.72 Å². The number of nitrogens with two attached hydrogens (primary N) is 1. The Morgan fingerprint density at radius 3 is 2.48 bits per heavy atom. The van der Waals surface area contributed by atoms with Crippen LogP contribution >= 0.6 is 34.5 Å². The Bertz CT molecular complexity index is 1130. The van der Waals surface area contributed by atoms with Gasteiger partial charge in [0.25, 0.3) is 10.0 Å². The average Bonchev–Trinajstić information content (AvgIpc) is 3.01. The fourth-order valence-corrected chi connectivity index (χ4v) is 5.71. The van der Waals surface area contributed by atoms with E-state index in [0.29, 0.717) is 34.4 Å². The highest BCUT2D eigenvalue weighted by molar-refractivity contribution is 7.93. The van der Waals surface area contributed by atoms with Crippen molar-refractivity contribution in [2.45, 2.75) is 11.3 Å². The first-order valence-corrected chi connectivity index (χ1v) is 11.4. The number of hydrogen-bond acceptors (Lipinski definition) is 5. The van der Waals surface area contributed by atoms with Crippen LogP contribution < -0.4 is 15.2 Å². The minimum absolute atomic E-state index is 0.0260. The molecule has 0 saturated heterocycles. The van der Waals surface area contributed by atoms with Gasteiger partial charge in [-0.2, -0.15) is 0 Å². The third-order valence-corrected chi connectivity index (χ3v) is 7.06. The standard InChI is InChI=1S/C19H17Cl2N3O3S2/c20-17-11-16(18(21)28-17)29(25,26)24-14-2-1-3-15(10-14)27-9-8-12-4-6-13(7-5-12)19(22)23/h1-7,10-11,24H,8-9H2,(H3,22,23). The van der Waals surface area contributed by atoms with Crippen molar-refractivity contribution in [3.63, 3.8) is 0 Å². The first kappa shape index (κ1) is 21.4. The summed E-state index contributed by atoms with van der Waals surface area (Å²) in [5, 5.41) is 7.40. The summed E-state index contributed by atoms with van der Waals surface area (Å²) in [4.78, 5) is -0.0607. The molecule has 0 radical (unpaired) electrons. The van der Waals surface area contributed by atoms with Crippen LogP contribution in [0.5, 0.6) is 5.75 Å². The SMILES string of the molecule is N=C(N)c1ccc(CCOc2cccc(NS(=O)(=O)c3cc(Cl)sc3Cl)c2)cc1. The van der Waals surface area contributed by atoms with E-state index in [1.807, 2.05) is 12.1 Å². The molecule has 6 nitrogen and oxygen atoms in total. The fourth-order valence-electron chi connectivity index (χ4n) is 2.51. The van der Waals surface area contributed by atoms with E-state index in [-0.39, 0.29) is 15.1 Å². The summed E-state index contributed by atoms with van der Waals surface area (Å²) in [6.45, 7) is 0.404. The second-order valence-corrected chi connectivity index (χ2v) is 9.97. The number of rotatable bonds is 8. The number of sulfonamides is 1. The first-order chi connectivity index (χ1) is 13.7. The Balaban J connectivity index is 1.62. The maximum atomic E-state index is 12.5. The molecule has 0 unspecified atom stereocenters. The van der Waals surface area contributed by atoms with Crippen LogP contribution in [0.1, 0.15) is 11.1 Å².